The zero-order valence-electron chi connectivity index (χ0n) is 12.9. The van der Waals surface area contributed by atoms with Crippen molar-refractivity contribution in [3.8, 4) is 6.07 Å². The Morgan fingerprint density at radius 1 is 1.17 bits per heavy atom. The number of benzene rings is 2. The average Bonchev–Trinajstić information content (AvgIpc) is 2.60. The molecule has 0 spiro atoms. The van der Waals surface area contributed by atoms with Gasteiger partial charge in [0.2, 0.25) is 5.69 Å². The van der Waals surface area contributed by atoms with Crippen LogP contribution in [-0.4, -0.2) is 9.91 Å². The molecule has 0 aliphatic carbocycles. The fourth-order valence-electron chi connectivity index (χ4n) is 2.54. The minimum absolute atomic E-state index is 0.0601. The fraction of sp³-hybridized carbons (Fsp3) is 0.111. The van der Waals surface area contributed by atoms with Crippen molar-refractivity contribution in [2.45, 2.75) is 13.0 Å². The Bertz CT molecular complexity index is 963. The molecule has 0 saturated heterocycles. The average molecular weight is 318 g/mol. The summed E-state index contributed by atoms with van der Waals surface area (Å²) in [4.78, 5) is 14.3. The molecular weight excluding hydrogens is 304 g/mol. The molecular formula is C18H14N4O2. The number of hydrogen-bond acceptors (Lipinski definition) is 5. The van der Waals surface area contributed by atoms with Crippen molar-refractivity contribution >= 4 is 22.3 Å². The van der Waals surface area contributed by atoms with E-state index in [9.17, 15) is 10.1 Å². The first-order chi connectivity index (χ1) is 11.6. The number of pyridine rings is 1. The van der Waals surface area contributed by atoms with E-state index in [1.807, 2.05) is 43.3 Å². The topological polar surface area (TPSA) is 91.9 Å². The van der Waals surface area contributed by atoms with Gasteiger partial charge < -0.3 is 5.32 Å². The Labute approximate surface area is 138 Å². The molecule has 0 saturated carbocycles. The van der Waals surface area contributed by atoms with Crippen LogP contribution in [0.25, 0.3) is 10.8 Å². The van der Waals surface area contributed by atoms with E-state index < -0.39 is 4.92 Å². The van der Waals surface area contributed by atoms with Gasteiger partial charge in [-0.15, -0.1) is 0 Å². The molecule has 0 aliphatic heterocycles. The first-order valence-electron chi connectivity index (χ1n) is 7.39. The number of nitrogens with zero attached hydrogens (tertiary/aromatic N) is 3. The molecule has 0 bridgehead atoms. The van der Waals surface area contributed by atoms with Gasteiger partial charge in [-0.3, -0.25) is 10.1 Å². The number of nitriles is 1. The summed E-state index contributed by atoms with van der Waals surface area (Å²) in [5.41, 5.74) is 0.574. The standard InChI is InChI=1S/C18H14N4O2/c1-12(14-7-6-13-4-2-3-5-15(13)10-14)20-18-9-8-17(22(23)24)16(11-19)21-18/h2-10,12H,1H3,(H,20,21). The number of hydrogen-bond donors (Lipinski definition) is 1. The summed E-state index contributed by atoms with van der Waals surface area (Å²) in [6, 6.07) is 18.7. The lowest BCUT2D eigenvalue weighted by Gasteiger charge is -2.15. The smallest absolute Gasteiger partial charge is 0.305 e. The molecule has 1 atom stereocenters. The van der Waals surface area contributed by atoms with E-state index in [0.29, 0.717) is 5.82 Å². The Hall–Kier alpha value is -3.46. The van der Waals surface area contributed by atoms with E-state index >= 15 is 0 Å². The monoisotopic (exact) mass is 318 g/mol. The van der Waals surface area contributed by atoms with Crippen LogP contribution in [0.4, 0.5) is 11.5 Å². The summed E-state index contributed by atoms with van der Waals surface area (Å²) >= 11 is 0. The van der Waals surface area contributed by atoms with Crippen LogP contribution in [-0.2, 0) is 0 Å². The van der Waals surface area contributed by atoms with Gasteiger partial charge in [-0.2, -0.15) is 5.26 Å². The normalized spacial score (nSPS) is 11.7. The molecule has 6 heteroatoms. The van der Waals surface area contributed by atoms with Crippen molar-refractivity contribution in [1.82, 2.24) is 4.98 Å². The van der Waals surface area contributed by atoms with Crippen molar-refractivity contribution in [3.63, 3.8) is 0 Å². The lowest BCUT2D eigenvalue weighted by molar-refractivity contribution is -0.385. The number of nitrogens with one attached hydrogen (secondary N) is 1. The van der Waals surface area contributed by atoms with Crippen LogP contribution in [0.3, 0.4) is 0 Å². The SMILES string of the molecule is CC(Nc1ccc([N+](=O)[O-])c(C#N)n1)c1ccc2ccccc2c1. The van der Waals surface area contributed by atoms with E-state index in [1.165, 1.54) is 12.1 Å². The van der Waals surface area contributed by atoms with E-state index in [2.05, 4.69) is 16.4 Å². The van der Waals surface area contributed by atoms with Crippen molar-refractivity contribution < 1.29 is 4.92 Å². The van der Waals surface area contributed by atoms with Crippen LogP contribution >= 0.6 is 0 Å². The second-order valence-corrected chi connectivity index (χ2v) is 5.41. The summed E-state index contributed by atoms with van der Waals surface area (Å²) in [6.07, 6.45) is 0. The van der Waals surface area contributed by atoms with Crippen molar-refractivity contribution in [2.75, 3.05) is 5.32 Å². The number of fused-ring (bicyclic) bond motifs is 1. The molecule has 1 unspecified atom stereocenters. The van der Waals surface area contributed by atoms with Gasteiger partial charge in [0.15, 0.2) is 0 Å². The molecule has 118 valence electrons. The predicted molar refractivity (Wildman–Crippen MR) is 91.6 cm³/mol. The van der Waals surface area contributed by atoms with Crippen molar-refractivity contribution in [3.05, 3.63) is 76.0 Å². The van der Waals surface area contributed by atoms with Crippen LogP contribution < -0.4 is 5.32 Å². The lowest BCUT2D eigenvalue weighted by atomic mass is 10.0. The Morgan fingerprint density at radius 2 is 1.92 bits per heavy atom. The van der Waals surface area contributed by atoms with Gasteiger partial charge >= 0.3 is 5.69 Å². The second kappa shape index (κ2) is 6.34. The van der Waals surface area contributed by atoms with E-state index in [1.54, 1.807) is 6.07 Å². The van der Waals surface area contributed by atoms with Gasteiger partial charge in [-0.1, -0.05) is 36.4 Å². The number of nitro groups is 1. The zero-order valence-corrected chi connectivity index (χ0v) is 12.9. The Kier molecular flexibility index (Phi) is 4.08. The van der Waals surface area contributed by atoms with Crippen LogP contribution in [0.1, 0.15) is 24.2 Å². The van der Waals surface area contributed by atoms with E-state index in [0.717, 1.165) is 16.3 Å². The van der Waals surface area contributed by atoms with E-state index in [4.69, 9.17) is 5.26 Å². The molecule has 1 aromatic heterocycles. The molecule has 24 heavy (non-hydrogen) atoms. The van der Waals surface area contributed by atoms with Crippen molar-refractivity contribution in [2.24, 2.45) is 0 Å². The predicted octanol–water partition coefficient (Wildman–Crippen LogP) is 4.19. The molecule has 0 fully saturated rings. The number of rotatable bonds is 4. The largest absolute Gasteiger partial charge is 0.364 e. The summed E-state index contributed by atoms with van der Waals surface area (Å²) in [6.45, 7) is 1.97. The Balaban J connectivity index is 1.87. The highest BCUT2D eigenvalue weighted by atomic mass is 16.6. The molecule has 0 aliphatic rings. The second-order valence-electron chi connectivity index (χ2n) is 5.41. The maximum atomic E-state index is 10.9. The summed E-state index contributed by atoms with van der Waals surface area (Å²) in [7, 11) is 0. The summed E-state index contributed by atoms with van der Waals surface area (Å²) in [5, 5.41) is 25.3. The van der Waals surface area contributed by atoms with Gasteiger partial charge in [-0.05, 0) is 35.4 Å². The molecule has 0 amide bonds. The molecule has 6 nitrogen and oxygen atoms in total. The van der Waals surface area contributed by atoms with Gasteiger partial charge in [0.05, 0.1) is 4.92 Å². The number of anilines is 1. The third-order valence-electron chi connectivity index (χ3n) is 3.81. The summed E-state index contributed by atoms with van der Waals surface area (Å²) in [5.74, 6) is 0.429. The van der Waals surface area contributed by atoms with Crippen LogP contribution in [0.5, 0.6) is 0 Å². The fourth-order valence-corrected chi connectivity index (χ4v) is 2.54. The van der Waals surface area contributed by atoms with Crippen LogP contribution in [0.2, 0.25) is 0 Å². The molecule has 1 heterocycles. The first kappa shape index (κ1) is 15.4. The minimum Gasteiger partial charge on any atom is -0.364 e. The highest BCUT2D eigenvalue weighted by Gasteiger charge is 2.16. The third-order valence-corrected chi connectivity index (χ3v) is 3.81. The lowest BCUT2D eigenvalue weighted by Crippen LogP contribution is -2.09. The third kappa shape index (κ3) is 3.01. The zero-order chi connectivity index (χ0) is 17.1. The van der Waals surface area contributed by atoms with Crippen LogP contribution in [0, 0.1) is 21.4 Å². The molecule has 0 radical (unpaired) electrons. The summed E-state index contributed by atoms with van der Waals surface area (Å²) < 4.78 is 0. The van der Waals surface area contributed by atoms with Crippen LogP contribution in [0.15, 0.2) is 54.6 Å². The maximum absolute atomic E-state index is 10.9. The van der Waals surface area contributed by atoms with Gasteiger partial charge in [0.1, 0.15) is 11.9 Å². The maximum Gasteiger partial charge on any atom is 0.305 e. The highest BCUT2D eigenvalue weighted by Crippen LogP contribution is 2.24. The van der Waals surface area contributed by atoms with Gasteiger partial charge in [0.25, 0.3) is 0 Å². The van der Waals surface area contributed by atoms with Gasteiger partial charge in [-0.25, -0.2) is 4.98 Å². The van der Waals surface area contributed by atoms with Crippen molar-refractivity contribution in [1.29, 1.82) is 5.26 Å². The first-order valence-corrected chi connectivity index (χ1v) is 7.39. The number of aromatic nitrogens is 1. The van der Waals surface area contributed by atoms with Gasteiger partial charge in [0, 0.05) is 12.1 Å². The molecule has 3 rings (SSSR count). The molecule has 2 aromatic carbocycles. The highest BCUT2D eigenvalue weighted by molar-refractivity contribution is 5.83. The molecule has 3 aromatic rings. The molecule has 1 N–H and O–H groups in total. The Morgan fingerprint density at radius 3 is 2.62 bits per heavy atom. The minimum atomic E-state index is -0.609. The van der Waals surface area contributed by atoms with E-state index in [-0.39, 0.29) is 17.4 Å². The quantitative estimate of drug-likeness (QED) is 0.575.